The number of hydrogen-bond donors (Lipinski definition) is 1. The summed E-state index contributed by atoms with van der Waals surface area (Å²) in [6.07, 6.45) is 0. The number of fused-ring (bicyclic) bond motifs is 1. The van der Waals surface area contributed by atoms with E-state index in [1.165, 1.54) is 29.9 Å². The van der Waals surface area contributed by atoms with E-state index in [0.29, 0.717) is 43.2 Å². The van der Waals surface area contributed by atoms with Crippen LogP contribution in [0.25, 0.3) is 0 Å². The Morgan fingerprint density at radius 1 is 1.09 bits per heavy atom. The Morgan fingerprint density at radius 2 is 1.79 bits per heavy atom. The molecule has 2 aromatic carbocycles. The number of sulfonamides is 1. The first-order valence-electron chi connectivity index (χ1n) is 11.2. The van der Waals surface area contributed by atoms with Crippen molar-refractivity contribution in [1.29, 1.82) is 0 Å². The summed E-state index contributed by atoms with van der Waals surface area (Å²) in [5, 5.41) is 2.67. The molecule has 1 N–H and O–H groups in total. The van der Waals surface area contributed by atoms with Crippen molar-refractivity contribution in [1.82, 2.24) is 9.21 Å². The van der Waals surface area contributed by atoms with E-state index in [1.54, 1.807) is 17.9 Å². The first-order chi connectivity index (χ1) is 16.1. The van der Waals surface area contributed by atoms with Crippen LogP contribution in [0.1, 0.15) is 16.7 Å². The molecule has 9 nitrogen and oxygen atoms in total. The fourth-order valence-corrected chi connectivity index (χ4v) is 5.65. The molecule has 0 spiro atoms. The van der Waals surface area contributed by atoms with Crippen LogP contribution in [0.5, 0.6) is 5.75 Å². The third-order valence-corrected chi connectivity index (χ3v) is 8.45. The third-order valence-electron chi connectivity index (χ3n) is 6.51. The van der Waals surface area contributed by atoms with Crippen LogP contribution in [0.3, 0.4) is 0 Å². The van der Waals surface area contributed by atoms with Crippen molar-refractivity contribution in [3.8, 4) is 5.75 Å². The SMILES string of the molecule is Cc1cc2c(cc1S(=O)(=O)N(C)CC(=O)N1CCN(c3cccc(C)c3C)CC1)OCC(=O)N2. The predicted octanol–water partition coefficient (Wildman–Crippen LogP) is 1.91. The second-order valence-corrected chi connectivity index (χ2v) is 10.8. The summed E-state index contributed by atoms with van der Waals surface area (Å²) >= 11 is 0. The number of anilines is 2. The lowest BCUT2D eigenvalue weighted by Gasteiger charge is -2.37. The van der Waals surface area contributed by atoms with Crippen LogP contribution in [0.4, 0.5) is 11.4 Å². The third kappa shape index (κ3) is 4.60. The number of rotatable bonds is 5. The minimum atomic E-state index is -3.93. The number of nitrogens with one attached hydrogen (secondary N) is 1. The lowest BCUT2D eigenvalue weighted by molar-refractivity contribution is -0.131. The van der Waals surface area contributed by atoms with Crippen LogP contribution in [-0.2, 0) is 19.6 Å². The zero-order chi connectivity index (χ0) is 24.6. The molecule has 2 aliphatic rings. The van der Waals surface area contributed by atoms with Crippen molar-refractivity contribution in [3.05, 3.63) is 47.0 Å². The minimum absolute atomic E-state index is 0.0532. The van der Waals surface area contributed by atoms with Gasteiger partial charge in [-0.05, 0) is 49.6 Å². The summed E-state index contributed by atoms with van der Waals surface area (Å²) < 4.78 is 32.9. The van der Waals surface area contributed by atoms with Gasteiger partial charge in [0.1, 0.15) is 5.75 Å². The van der Waals surface area contributed by atoms with Gasteiger partial charge >= 0.3 is 0 Å². The van der Waals surface area contributed by atoms with Gasteiger partial charge in [0, 0.05) is 45.0 Å². The number of amides is 2. The number of carbonyl (C=O) groups is 2. The van der Waals surface area contributed by atoms with Crippen molar-refractivity contribution in [2.45, 2.75) is 25.7 Å². The number of hydrogen-bond acceptors (Lipinski definition) is 6. The quantitative estimate of drug-likeness (QED) is 0.693. The zero-order valence-electron chi connectivity index (χ0n) is 19.9. The Bertz CT molecular complexity index is 1240. The molecule has 0 aliphatic carbocycles. The Labute approximate surface area is 200 Å². The van der Waals surface area contributed by atoms with E-state index in [9.17, 15) is 18.0 Å². The van der Waals surface area contributed by atoms with Gasteiger partial charge in [0.25, 0.3) is 5.91 Å². The van der Waals surface area contributed by atoms with Crippen LogP contribution < -0.4 is 15.0 Å². The van der Waals surface area contributed by atoms with E-state index >= 15 is 0 Å². The van der Waals surface area contributed by atoms with Crippen LogP contribution in [-0.4, -0.2) is 75.8 Å². The molecule has 0 unspecified atom stereocenters. The van der Waals surface area contributed by atoms with Crippen LogP contribution >= 0.6 is 0 Å². The number of likely N-dealkylation sites (N-methyl/N-ethyl adjacent to an activating group) is 1. The van der Waals surface area contributed by atoms with Gasteiger partial charge in [-0.25, -0.2) is 8.42 Å². The highest BCUT2D eigenvalue weighted by atomic mass is 32.2. The maximum Gasteiger partial charge on any atom is 0.262 e. The number of nitrogens with zero attached hydrogens (tertiary/aromatic N) is 3. The number of benzene rings is 2. The number of piperazine rings is 1. The standard InChI is InChI=1S/C24H30N4O5S/c1-16-6-5-7-20(18(16)3)27-8-10-28(11-9-27)24(30)14-26(4)34(31,32)22-13-21-19(12-17(22)2)25-23(29)15-33-21/h5-7,12-13H,8-11,14-15H2,1-4H3,(H,25,29). The fourth-order valence-electron chi connectivity index (χ4n) is 4.31. The zero-order valence-corrected chi connectivity index (χ0v) is 20.7. The lowest BCUT2D eigenvalue weighted by atomic mass is 10.1. The molecule has 34 heavy (non-hydrogen) atoms. The molecule has 2 aliphatic heterocycles. The number of ether oxygens (including phenoxy) is 1. The molecule has 182 valence electrons. The second kappa shape index (κ2) is 9.27. The van der Waals surface area contributed by atoms with Gasteiger partial charge in [0.05, 0.1) is 17.1 Å². The molecular weight excluding hydrogens is 456 g/mol. The average molecular weight is 487 g/mol. The van der Waals surface area contributed by atoms with Gasteiger partial charge in [-0.2, -0.15) is 4.31 Å². The molecule has 0 saturated carbocycles. The van der Waals surface area contributed by atoms with Crippen molar-refractivity contribution in [2.75, 3.05) is 56.6 Å². The lowest BCUT2D eigenvalue weighted by Crippen LogP contribution is -2.51. The Kier molecular flexibility index (Phi) is 6.55. The maximum atomic E-state index is 13.2. The largest absolute Gasteiger partial charge is 0.482 e. The Hall–Kier alpha value is -3.11. The molecule has 10 heteroatoms. The monoisotopic (exact) mass is 486 g/mol. The highest BCUT2D eigenvalue weighted by Gasteiger charge is 2.30. The van der Waals surface area contributed by atoms with Gasteiger partial charge in [0.2, 0.25) is 15.9 Å². The van der Waals surface area contributed by atoms with Gasteiger partial charge in [-0.3, -0.25) is 9.59 Å². The second-order valence-electron chi connectivity index (χ2n) is 8.80. The molecule has 0 bridgehead atoms. The molecular formula is C24H30N4O5S. The van der Waals surface area contributed by atoms with E-state index in [4.69, 9.17) is 4.74 Å². The summed E-state index contributed by atoms with van der Waals surface area (Å²) in [7, 11) is -2.53. The fraction of sp³-hybridized carbons (Fsp3) is 0.417. The first kappa shape index (κ1) is 24.0. The summed E-state index contributed by atoms with van der Waals surface area (Å²) in [5.74, 6) is -0.222. The van der Waals surface area contributed by atoms with E-state index in [-0.39, 0.29) is 29.9 Å². The highest BCUT2D eigenvalue weighted by molar-refractivity contribution is 7.89. The molecule has 2 heterocycles. The number of carbonyl (C=O) groups excluding carboxylic acids is 2. The Balaban J connectivity index is 1.42. The molecule has 0 atom stereocenters. The Morgan fingerprint density at radius 3 is 2.50 bits per heavy atom. The van der Waals surface area contributed by atoms with E-state index in [0.717, 1.165) is 4.31 Å². The van der Waals surface area contributed by atoms with Crippen LogP contribution in [0.2, 0.25) is 0 Å². The van der Waals surface area contributed by atoms with Gasteiger partial charge < -0.3 is 19.9 Å². The smallest absolute Gasteiger partial charge is 0.262 e. The van der Waals surface area contributed by atoms with E-state index in [1.807, 2.05) is 6.07 Å². The maximum absolute atomic E-state index is 13.2. The molecule has 4 rings (SSSR count). The van der Waals surface area contributed by atoms with Crippen molar-refractivity contribution in [3.63, 3.8) is 0 Å². The molecule has 1 fully saturated rings. The van der Waals surface area contributed by atoms with Crippen LogP contribution in [0.15, 0.2) is 35.2 Å². The molecule has 1 saturated heterocycles. The highest BCUT2D eigenvalue weighted by Crippen LogP contribution is 2.34. The van der Waals surface area contributed by atoms with Gasteiger partial charge in [0.15, 0.2) is 6.61 Å². The topological polar surface area (TPSA) is 99.3 Å². The summed E-state index contributed by atoms with van der Waals surface area (Å²) in [6.45, 7) is 7.87. The van der Waals surface area contributed by atoms with Gasteiger partial charge in [-0.1, -0.05) is 12.1 Å². The molecule has 0 radical (unpaired) electrons. The summed E-state index contributed by atoms with van der Waals surface area (Å²) in [5.41, 5.74) is 4.54. The number of aryl methyl sites for hydroxylation is 2. The van der Waals surface area contributed by atoms with Gasteiger partial charge in [-0.15, -0.1) is 0 Å². The summed E-state index contributed by atoms with van der Waals surface area (Å²) in [4.78, 5) is 28.5. The molecule has 2 amide bonds. The minimum Gasteiger partial charge on any atom is -0.482 e. The predicted molar refractivity (Wildman–Crippen MR) is 130 cm³/mol. The van der Waals surface area contributed by atoms with Crippen LogP contribution in [0, 0.1) is 20.8 Å². The normalized spacial score (nSPS) is 16.2. The summed E-state index contributed by atoms with van der Waals surface area (Å²) in [6, 6.07) is 9.19. The molecule has 2 aromatic rings. The van der Waals surface area contributed by atoms with Crippen molar-refractivity contribution in [2.24, 2.45) is 0 Å². The first-order valence-corrected chi connectivity index (χ1v) is 12.6. The van der Waals surface area contributed by atoms with Crippen molar-refractivity contribution >= 4 is 33.2 Å². The van der Waals surface area contributed by atoms with E-state index < -0.39 is 10.0 Å². The average Bonchev–Trinajstić information content (AvgIpc) is 2.80. The van der Waals surface area contributed by atoms with E-state index in [2.05, 4.69) is 36.2 Å². The van der Waals surface area contributed by atoms with Crippen molar-refractivity contribution < 1.29 is 22.7 Å². The molecule has 0 aromatic heterocycles.